The zero-order valence-electron chi connectivity index (χ0n) is 13.9. The Morgan fingerprint density at radius 2 is 2.04 bits per heavy atom. The topological polar surface area (TPSA) is 79.5 Å². The molecule has 0 N–H and O–H groups in total. The van der Waals surface area contributed by atoms with Crippen LogP contribution in [-0.2, 0) is 16.8 Å². The lowest BCUT2D eigenvalue weighted by molar-refractivity contribution is 0.259. The number of hydrogen-bond acceptors (Lipinski definition) is 5. The van der Waals surface area contributed by atoms with Crippen LogP contribution >= 0.6 is 0 Å². The first-order valence-corrected chi connectivity index (χ1v) is 9.45. The van der Waals surface area contributed by atoms with Gasteiger partial charge in [0.05, 0.1) is 6.54 Å². The third-order valence-corrected chi connectivity index (χ3v) is 6.09. The highest BCUT2D eigenvalue weighted by molar-refractivity contribution is 7.86. The highest BCUT2D eigenvalue weighted by atomic mass is 32.2. The second-order valence-corrected chi connectivity index (χ2v) is 8.27. The first-order valence-electron chi connectivity index (χ1n) is 8.06. The standard InChI is InChI=1S/C16H22N4O3S/c1-13-7-6-10-20(11-13)24(21,22)19(2)12-15-17-18-16(23-15)14-8-4-3-5-9-14/h3-5,8-9,13H,6-7,10-12H2,1-2H3. The van der Waals surface area contributed by atoms with Crippen molar-refractivity contribution in [3.8, 4) is 11.5 Å². The number of benzene rings is 1. The van der Waals surface area contributed by atoms with Crippen LogP contribution in [0.5, 0.6) is 0 Å². The predicted octanol–water partition coefficient (Wildman–Crippen LogP) is 2.15. The van der Waals surface area contributed by atoms with E-state index in [0.29, 0.717) is 24.9 Å². The molecule has 1 aliphatic heterocycles. The number of hydrogen-bond donors (Lipinski definition) is 0. The molecule has 1 saturated heterocycles. The first-order chi connectivity index (χ1) is 11.5. The van der Waals surface area contributed by atoms with E-state index in [1.54, 1.807) is 7.05 Å². The molecule has 1 unspecified atom stereocenters. The van der Waals surface area contributed by atoms with Crippen molar-refractivity contribution in [1.82, 2.24) is 18.8 Å². The van der Waals surface area contributed by atoms with Crippen LogP contribution in [0, 0.1) is 5.92 Å². The zero-order chi connectivity index (χ0) is 17.2. The molecule has 1 fully saturated rings. The van der Waals surface area contributed by atoms with Gasteiger partial charge in [-0.15, -0.1) is 10.2 Å². The van der Waals surface area contributed by atoms with E-state index in [1.807, 2.05) is 30.3 Å². The van der Waals surface area contributed by atoms with Gasteiger partial charge < -0.3 is 4.42 Å². The van der Waals surface area contributed by atoms with Gasteiger partial charge in [-0.25, -0.2) is 0 Å². The van der Waals surface area contributed by atoms with Crippen molar-refractivity contribution in [2.24, 2.45) is 5.92 Å². The molecule has 0 amide bonds. The van der Waals surface area contributed by atoms with Crippen molar-refractivity contribution >= 4 is 10.2 Å². The van der Waals surface area contributed by atoms with Crippen molar-refractivity contribution in [3.05, 3.63) is 36.2 Å². The van der Waals surface area contributed by atoms with E-state index >= 15 is 0 Å². The fourth-order valence-electron chi connectivity index (χ4n) is 2.84. The Labute approximate surface area is 142 Å². The quantitative estimate of drug-likeness (QED) is 0.825. The van der Waals surface area contributed by atoms with Crippen LogP contribution in [0.4, 0.5) is 0 Å². The minimum atomic E-state index is -3.51. The number of rotatable bonds is 5. The van der Waals surface area contributed by atoms with E-state index in [-0.39, 0.29) is 12.4 Å². The van der Waals surface area contributed by atoms with Gasteiger partial charge in [0.2, 0.25) is 11.8 Å². The van der Waals surface area contributed by atoms with Crippen LogP contribution in [0.25, 0.3) is 11.5 Å². The van der Waals surface area contributed by atoms with E-state index < -0.39 is 10.2 Å². The molecule has 2 aromatic rings. The third kappa shape index (κ3) is 3.66. The van der Waals surface area contributed by atoms with Crippen LogP contribution in [0.3, 0.4) is 0 Å². The summed E-state index contributed by atoms with van der Waals surface area (Å²) in [5.41, 5.74) is 0.812. The lowest BCUT2D eigenvalue weighted by atomic mass is 10.0. The molecule has 8 heteroatoms. The molecular formula is C16H22N4O3S. The average Bonchev–Trinajstić information content (AvgIpc) is 3.04. The summed E-state index contributed by atoms with van der Waals surface area (Å²) >= 11 is 0. The van der Waals surface area contributed by atoms with Gasteiger partial charge in [0.25, 0.3) is 10.2 Å². The van der Waals surface area contributed by atoms with Gasteiger partial charge in [-0.05, 0) is 30.9 Å². The van der Waals surface area contributed by atoms with E-state index in [9.17, 15) is 8.42 Å². The summed E-state index contributed by atoms with van der Waals surface area (Å²) in [6, 6.07) is 9.40. The van der Waals surface area contributed by atoms with E-state index in [1.165, 1.54) is 8.61 Å². The Morgan fingerprint density at radius 1 is 1.29 bits per heavy atom. The molecule has 0 saturated carbocycles. The second-order valence-electron chi connectivity index (χ2n) is 6.24. The summed E-state index contributed by atoms with van der Waals surface area (Å²) in [7, 11) is -1.97. The largest absolute Gasteiger partial charge is 0.419 e. The summed E-state index contributed by atoms with van der Waals surface area (Å²) < 4.78 is 33.8. The fourth-order valence-corrected chi connectivity index (χ4v) is 4.31. The van der Waals surface area contributed by atoms with Crippen LogP contribution in [0.15, 0.2) is 34.7 Å². The average molecular weight is 350 g/mol. The van der Waals surface area contributed by atoms with Crippen molar-refractivity contribution in [2.45, 2.75) is 26.3 Å². The molecule has 24 heavy (non-hydrogen) atoms. The number of nitrogens with zero attached hydrogens (tertiary/aromatic N) is 4. The Bertz CT molecular complexity index is 776. The highest BCUT2D eigenvalue weighted by Crippen LogP contribution is 2.22. The Kier molecular flexibility index (Phi) is 4.98. The lowest BCUT2D eigenvalue weighted by Crippen LogP contribution is -2.46. The summed E-state index contributed by atoms with van der Waals surface area (Å²) in [4.78, 5) is 0. The smallest absolute Gasteiger partial charge is 0.282 e. The Morgan fingerprint density at radius 3 is 2.75 bits per heavy atom. The van der Waals surface area contributed by atoms with Gasteiger partial charge in [-0.1, -0.05) is 25.1 Å². The van der Waals surface area contributed by atoms with Gasteiger partial charge >= 0.3 is 0 Å². The van der Waals surface area contributed by atoms with Crippen molar-refractivity contribution in [3.63, 3.8) is 0 Å². The van der Waals surface area contributed by atoms with E-state index in [2.05, 4.69) is 17.1 Å². The minimum Gasteiger partial charge on any atom is -0.419 e. The molecule has 1 aromatic heterocycles. The number of aromatic nitrogens is 2. The Hall–Kier alpha value is -1.77. The molecule has 7 nitrogen and oxygen atoms in total. The van der Waals surface area contributed by atoms with Gasteiger partial charge in [-0.3, -0.25) is 0 Å². The third-order valence-electron chi connectivity index (χ3n) is 4.19. The molecule has 0 radical (unpaired) electrons. The van der Waals surface area contributed by atoms with Gasteiger partial charge in [0, 0.05) is 25.7 Å². The summed E-state index contributed by atoms with van der Waals surface area (Å²) in [5, 5.41) is 7.96. The molecule has 3 rings (SSSR count). The van der Waals surface area contributed by atoms with Gasteiger partial charge in [-0.2, -0.15) is 17.0 Å². The predicted molar refractivity (Wildman–Crippen MR) is 90.1 cm³/mol. The molecule has 0 spiro atoms. The molecule has 0 aliphatic carbocycles. The van der Waals surface area contributed by atoms with Crippen LogP contribution in [0.1, 0.15) is 25.7 Å². The van der Waals surface area contributed by atoms with Gasteiger partial charge in [0.1, 0.15) is 0 Å². The van der Waals surface area contributed by atoms with Crippen LogP contribution in [0.2, 0.25) is 0 Å². The summed E-state index contributed by atoms with van der Waals surface area (Å²) in [6.45, 7) is 3.26. The molecule has 0 bridgehead atoms. The normalized spacial score (nSPS) is 19.7. The zero-order valence-corrected chi connectivity index (χ0v) is 14.7. The first kappa shape index (κ1) is 17.1. The number of piperidine rings is 1. The second kappa shape index (κ2) is 7.00. The van der Waals surface area contributed by atoms with Gasteiger partial charge in [0.15, 0.2) is 0 Å². The Balaban J connectivity index is 1.70. The maximum atomic E-state index is 12.7. The van der Waals surface area contributed by atoms with Crippen molar-refractivity contribution in [2.75, 3.05) is 20.1 Å². The van der Waals surface area contributed by atoms with Crippen LogP contribution < -0.4 is 0 Å². The van der Waals surface area contributed by atoms with E-state index in [4.69, 9.17) is 4.42 Å². The van der Waals surface area contributed by atoms with Crippen LogP contribution in [-0.4, -0.2) is 47.4 Å². The van der Waals surface area contributed by atoms with Crippen molar-refractivity contribution in [1.29, 1.82) is 0 Å². The molecule has 1 aliphatic rings. The summed E-state index contributed by atoms with van der Waals surface area (Å²) in [5.74, 6) is 1.06. The maximum absolute atomic E-state index is 12.7. The monoisotopic (exact) mass is 350 g/mol. The lowest BCUT2D eigenvalue weighted by Gasteiger charge is -2.32. The molecule has 2 heterocycles. The molecular weight excluding hydrogens is 328 g/mol. The van der Waals surface area contributed by atoms with E-state index in [0.717, 1.165) is 18.4 Å². The highest BCUT2D eigenvalue weighted by Gasteiger charge is 2.31. The SMILES string of the molecule is CC1CCCN(S(=O)(=O)N(C)Cc2nnc(-c3ccccc3)o2)C1. The molecule has 1 atom stereocenters. The summed E-state index contributed by atoms with van der Waals surface area (Å²) in [6.07, 6.45) is 1.97. The maximum Gasteiger partial charge on any atom is 0.282 e. The minimum absolute atomic E-state index is 0.0625. The molecule has 130 valence electrons. The molecule has 1 aromatic carbocycles. The fraction of sp³-hybridized carbons (Fsp3) is 0.500. The van der Waals surface area contributed by atoms with Crippen molar-refractivity contribution < 1.29 is 12.8 Å².